The topological polar surface area (TPSA) is 85.9 Å². The lowest BCUT2D eigenvalue weighted by Gasteiger charge is -2.08. The SMILES string of the molecule is O=[N+]([O-])c1cc(F)c(Br)cc1NCCCn1ccnn1. The molecule has 0 saturated heterocycles. The van der Waals surface area contributed by atoms with E-state index in [4.69, 9.17) is 0 Å². The maximum Gasteiger partial charge on any atom is 0.295 e. The van der Waals surface area contributed by atoms with Crippen molar-refractivity contribution in [2.45, 2.75) is 13.0 Å². The Morgan fingerprint density at radius 2 is 2.30 bits per heavy atom. The highest BCUT2D eigenvalue weighted by Gasteiger charge is 2.17. The second kappa shape index (κ2) is 6.42. The van der Waals surface area contributed by atoms with Crippen LogP contribution in [0.4, 0.5) is 15.8 Å². The molecule has 2 rings (SSSR count). The number of hydrogen-bond acceptors (Lipinski definition) is 5. The van der Waals surface area contributed by atoms with Crippen LogP contribution in [0.25, 0.3) is 0 Å². The molecule has 0 radical (unpaired) electrons. The molecule has 0 unspecified atom stereocenters. The Morgan fingerprint density at radius 1 is 1.50 bits per heavy atom. The number of nitro groups is 1. The first-order valence-corrected chi connectivity index (χ1v) is 6.58. The summed E-state index contributed by atoms with van der Waals surface area (Å²) in [4.78, 5) is 10.3. The van der Waals surface area contributed by atoms with Gasteiger partial charge in [0.15, 0.2) is 0 Å². The Bertz CT molecular complexity index is 605. The van der Waals surface area contributed by atoms with E-state index in [0.717, 1.165) is 6.07 Å². The van der Waals surface area contributed by atoms with Gasteiger partial charge in [0.1, 0.15) is 11.5 Å². The maximum atomic E-state index is 13.3. The summed E-state index contributed by atoms with van der Waals surface area (Å²) in [7, 11) is 0. The van der Waals surface area contributed by atoms with Gasteiger partial charge in [-0.15, -0.1) is 5.10 Å². The molecule has 0 fully saturated rings. The van der Waals surface area contributed by atoms with Crippen molar-refractivity contribution < 1.29 is 9.31 Å². The molecule has 1 aromatic heterocycles. The molecule has 0 bridgehead atoms. The zero-order valence-corrected chi connectivity index (χ0v) is 11.9. The Kier molecular flexibility index (Phi) is 4.61. The van der Waals surface area contributed by atoms with Crippen LogP contribution in [0.5, 0.6) is 0 Å². The maximum absolute atomic E-state index is 13.3. The second-order valence-electron chi connectivity index (χ2n) is 3.99. The van der Waals surface area contributed by atoms with Gasteiger partial charge in [-0.05, 0) is 28.4 Å². The molecular formula is C11H11BrFN5O2. The smallest absolute Gasteiger partial charge is 0.295 e. The number of nitrogens with one attached hydrogen (secondary N) is 1. The highest BCUT2D eigenvalue weighted by Crippen LogP contribution is 2.30. The van der Waals surface area contributed by atoms with Crippen molar-refractivity contribution in [3.8, 4) is 0 Å². The highest BCUT2D eigenvalue weighted by molar-refractivity contribution is 9.10. The minimum atomic E-state index is -0.662. The number of nitro benzene ring substituents is 1. The van der Waals surface area contributed by atoms with E-state index in [1.54, 1.807) is 17.1 Å². The van der Waals surface area contributed by atoms with Crippen molar-refractivity contribution in [3.63, 3.8) is 0 Å². The van der Waals surface area contributed by atoms with Gasteiger partial charge in [0.25, 0.3) is 5.69 Å². The lowest BCUT2D eigenvalue weighted by molar-refractivity contribution is -0.384. The predicted molar refractivity (Wildman–Crippen MR) is 73.9 cm³/mol. The fourth-order valence-corrected chi connectivity index (χ4v) is 1.99. The van der Waals surface area contributed by atoms with Crippen LogP contribution < -0.4 is 5.32 Å². The van der Waals surface area contributed by atoms with E-state index in [2.05, 4.69) is 31.6 Å². The summed E-state index contributed by atoms with van der Waals surface area (Å²) >= 11 is 3.01. The molecule has 0 spiro atoms. The molecule has 7 nitrogen and oxygen atoms in total. The average Bonchev–Trinajstić information content (AvgIpc) is 2.91. The summed E-state index contributed by atoms with van der Waals surface area (Å²) < 4.78 is 15.1. The van der Waals surface area contributed by atoms with Gasteiger partial charge in [-0.3, -0.25) is 14.8 Å². The van der Waals surface area contributed by atoms with Crippen molar-refractivity contribution in [2.75, 3.05) is 11.9 Å². The predicted octanol–water partition coefficient (Wildman–Crippen LogP) is 2.59. The average molecular weight is 344 g/mol. The molecule has 0 saturated carbocycles. The van der Waals surface area contributed by atoms with E-state index in [1.807, 2.05) is 0 Å². The van der Waals surface area contributed by atoms with Gasteiger partial charge in [0.05, 0.1) is 21.7 Å². The Hall–Kier alpha value is -2.03. The molecule has 1 aromatic carbocycles. The highest BCUT2D eigenvalue weighted by atomic mass is 79.9. The van der Waals surface area contributed by atoms with Gasteiger partial charge in [0, 0.05) is 19.3 Å². The first kappa shape index (κ1) is 14.4. The molecule has 2 aromatic rings. The first-order chi connectivity index (χ1) is 9.58. The van der Waals surface area contributed by atoms with E-state index in [1.165, 1.54) is 6.07 Å². The van der Waals surface area contributed by atoms with Crippen LogP contribution in [0, 0.1) is 15.9 Å². The Balaban J connectivity index is 1.98. The van der Waals surface area contributed by atoms with E-state index >= 15 is 0 Å². The third-order valence-corrected chi connectivity index (χ3v) is 3.19. The van der Waals surface area contributed by atoms with Crippen molar-refractivity contribution in [1.29, 1.82) is 0 Å². The van der Waals surface area contributed by atoms with Crippen molar-refractivity contribution in [1.82, 2.24) is 15.0 Å². The molecular weight excluding hydrogens is 333 g/mol. The second-order valence-corrected chi connectivity index (χ2v) is 4.84. The van der Waals surface area contributed by atoms with Gasteiger partial charge >= 0.3 is 0 Å². The van der Waals surface area contributed by atoms with Gasteiger partial charge in [-0.2, -0.15) is 0 Å². The number of halogens is 2. The number of nitrogens with zero attached hydrogens (tertiary/aromatic N) is 4. The summed E-state index contributed by atoms with van der Waals surface area (Å²) in [5.74, 6) is -0.662. The van der Waals surface area contributed by atoms with E-state index < -0.39 is 10.7 Å². The zero-order valence-electron chi connectivity index (χ0n) is 10.3. The molecule has 106 valence electrons. The molecule has 20 heavy (non-hydrogen) atoms. The third-order valence-electron chi connectivity index (χ3n) is 2.59. The lowest BCUT2D eigenvalue weighted by atomic mass is 10.2. The standard InChI is InChI=1S/C11H11BrFN5O2/c12-8-6-10(11(18(19)20)7-9(8)13)14-2-1-4-17-5-3-15-16-17/h3,5-7,14H,1-2,4H2. The summed E-state index contributed by atoms with van der Waals surface area (Å²) in [6.07, 6.45) is 4.02. The van der Waals surface area contributed by atoms with Crippen LogP contribution in [0.2, 0.25) is 0 Å². The van der Waals surface area contributed by atoms with Crippen molar-refractivity contribution in [2.24, 2.45) is 0 Å². The Labute approximate surface area is 122 Å². The van der Waals surface area contributed by atoms with Crippen LogP contribution in [-0.2, 0) is 6.54 Å². The largest absolute Gasteiger partial charge is 0.379 e. The van der Waals surface area contributed by atoms with E-state index in [-0.39, 0.29) is 15.8 Å². The normalized spacial score (nSPS) is 10.5. The van der Waals surface area contributed by atoms with Crippen LogP contribution in [0.15, 0.2) is 29.0 Å². The van der Waals surface area contributed by atoms with E-state index in [0.29, 0.717) is 19.5 Å². The minimum absolute atomic E-state index is 0.182. The fourth-order valence-electron chi connectivity index (χ4n) is 1.65. The van der Waals surface area contributed by atoms with Gasteiger partial charge < -0.3 is 5.32 Å². The molecule has 0 aliphatic carbocycles. The minimum Gasteiger partial charge on any atom is -0.379 e. The number of aryl methyl sites for hydroxylation is 1. The van der Waals surface area contributed by atoms with Gasteiger partial charge in [-0.25, -0.2) is 4.39 Å². The molecule has 0 aliphatic heterocycles. The summed E-state index contributed by atoms with van der Waals surface area (Å²) in [6, 6.07) is 2.26. The van der Waals surface area contributed by atoms with Gasteiger partial charge in [0.2, 0.25) is 0 Å². The van der Waals surface area contributed by atoms with E-state index in [9.17, 15) is 14.5 Å². The van der Waals surface area contributed by atoms with Crippen LogP contribution >= 0.6 is 15.9 Å². The molecule has 0 aliphatic rings. The van der Waals surface area contributed by atoms with Crippen LogP contribution in [0.3, 0.4) is 0 Å². The van der Waals surface area contributed by atoms with Gasteiger partial charge in [-0.1, -0.05) is 5.21 Å². The third kappa shape index (κ3) is 3.50. The molecule has 0 amide bonds. The molecule has 1 N–H and O–H groups in total. The monoisotopic (exact) mass is 343 g/mol. The quantitative estimate of drug-likeness (QED) is 0.495. The van der Waals surface area contributed by atoms with Crippen molar-refractivity contribution >= 4 is 27.3 Å². The summed E-state index contributed by atoms with van der Waals surface area (Å²) in [5, 5.41) is 21.3. The molecule has 1 heterocycles. The molecule has 9 heteroatoms. The summed E-state index contributed by atoms with van der Waals surface area (Å²) in [5.41, 5.74) is -0.00618. The number of aromatic nitrogens is 3. The zero-order chi connectivity index (χ0) is 14.5. The lowest BCUT2D eigenvalue weighted by Crippen LogP contribution is -2.09. The number of benzene rings is 1. The van der Waals surface area contributed by atoms with Crippen LogP contribution in [0.1, 0.15) is 6.42 Å². The van der Waals surface area contributed by atoms with Crippen LogP contribution in [-0.4, -0.2) is 26.5 Å². The number of hydrogen-bond donors (Lipinski definition) is 1. The number of rotatable bonds is 6. The Morgan fingerprint density at radius 3 is 2.95 bits per heavy atom. The van der Waals surface area contributed by atoms with Crippen molar-refractivity contribution in [3.05, 3.63) is 44.9 Å². The molecule has 0 atom stereocenters. The summed E-state index contributed by atoms with van der Waals surface area (Å²) in [6.45, 7) is 1.14. The first-order valence-electron chi connectivity index (χ1n) is 5.79. The number of anilines is 1. The fraction of sp³-hybridized carbons (Fsp3) is 0.273.